The maximum Gasteiger partial charge on any atom is 0.238 e. The van der Waals surface area contributed by atoms with Gasteiger partial charge in [0.1, 0.15) is 5.82 Å². The van der Waals surface area contributed by atoms with Crippen molar-refractivity contribution >= 4 is 11.6 Å². The van der Waals surface area contributed by atoms with Crippen LogP contribution in [0.25, 0.3) is 0 Å². The van der Waals surface area contributed by atoms with Crippen molar-refractivity contribution in [2.75, 3.05) is 32.1 Å². The van der Waals surface area contributed by atoms with Gasteiger partial charge in [0.05, 0.1) is 13.2 Å². The van der Waals surface area contributed by atoms with Crippen molar-refractivity contribution in [3.05, 3.63) is 30.1 Å². The Morgan fingerprint density at radius 2 is 2.06 bits per heavy atom. The predicted molar refractivity (Wildman–Crippen MR) is 59.6 cm³/mol. The van der Waals surface area contributed by atoms with E-state index in [9.17, 15) is 9.18 Å². The minimum atomic E-state index is -0.338. The fourth-order valence-corrected chi connectivity index (χ4v) is 1.23. The maximum atomic E-state index is 12.6. The molecule has 1 aromatic carbocycles. The van der Waals surface area contributed by atoms with Gasteiger partial charge in [-0.25, -0.2) is 4.39 Å². The molecule has 1 aromatic rings. The lowest BCUT2D eigenvalue weighted by molar-refractivity contribution is -0.117. The number of aliphatic hydroxyl groups is 1. The van der Waals surface area contributed by atoms with E-state index < -0.39 is 0 Å². The van der Waals surface area contributed by atoms with Gasteiger partial charge in [0.2, 0.25) is 5.91 Å². The number of likely N-dealkylation sites (N-methyl/N-ethyl adjacent to an activating group) is 1. The first-order chi connectivity index (χ1) is 7.61. The molecule has 0 saturated heterocycles. The van der Waals surface area contributed by atoms with Gasteiger partial charge in [-0.15, -0.1) is 0 Å². The summed E-state index contributed by atoms with van der Waals surface area (Å²) in [5, 5.41) is 11.3. The van der Waals surface area contributed by atoms with Crippen molar-refractivity contribution < 1.29 is 14.3 Å². The van der Waals surface area contributed by atoms with Gasteiger partial charge in [-0.05, 0) is 31.3 Å². The minimum Gasteiger partial charge on any atom is -0.395 e. The highest BCUT2D eigenvalue weighted by molar-refractivity contribution is 5.92. The summed E-state index contributed by atoms with van der Waals surface area (Å²) in [4.78, 5) is 13.1. The summed E-state index contributed by atoms with van der Waals surface area (Å²) in [5.74, 6) is -0.530. The molecule has 88 valence electrons. The molecule has 0 fully saturated rings. The van der Waals surface area contributed by atoms with Crippen LogP contribution in [-0.2, 0) is 4.79 Å². The highest BCUT2D eigenvalue weighted by atomic mass is 19.1. The summed E-state index contributed by atoms with van der Waals surface area (Å²) in [5.41, 5.74) is 0.559. The number of carbonyl (C=O) groups excluding carboxylic acids is 1. The number of amides is 1. The molecule has 0 heterocycles. The van der Waals surface area contributed by atoms with Crippen LogP contribution in [0, 0.1) is 5.82 Å². The van der Waals surface area contributed by atoms with Crippen LogP contribution in [0.3, 0.4) is 0 Å². The summed E-state index contributed by atoms with van der Waals surface area (Å²) < 4.78 is 12.6. The van der Waals surface area contributed by atoms with Crippen LogP contribution in [0.2, 0.25) is 0 Å². The van der Waals surface area contributed by atoms with E-state index in [2.05, 4.69) is 5.32 Å². The Labute approximate surface area is 93.7 Å². The number of carbonyl (C=O) groups is 1. The summed E-state index contributed by atoms with van der Waals surface area (Å²) in [6.45, 7) is 0.648. The zero-order chi connectivity index (χ0) is 12.0. The molecule has 0 bridgehead atoms. The van der Waals surface area contributed by atoms with Gasteiger partial charge in [-0.2, -0.15) is 0 Å². The maximum absolute atomic E-state index is 12.6. The third kappa shape index (κ3) is 4.37. The SMILES string of the molecule is CN(CCO)CC(=O)Nc1ccc(F)cc1. The number of benzene rings is 1. The smallest absolute Gasteiger partial charge is 0.238 e. The second-order valence-corrected chi connectivity index (χ2v) is 3.52. The van der Waals surface area contributed by atoms with Crippen molar-refractivity contribution in [1.29, 1.82) is 0 Å². The number of halogens is 1. The normalized spacial score (nSPS) is 10.5. The fraction of sp³-hybridized carbons (Fsp3) is 0.364. The third-order valence-electron chi connectivity index (χ3n) is 2.02. The molecule has 0 aliphatic heterocycles. The zero-order valence-corrected chi connectivity index (χ0v) is 9.11. The minimum absolute atomic E-state index is 0.0142. The molecule has 0 aliphatic carbocycles. The number of hydrogen-bond acceptors (Lipinski definition) is 3. The molecule has 0 atom stereocenters. The van der Waals surface area contributed by atoms with Gasteiger partial charge in [0.15, 0.2) is 0 Å². The van der Waals surface area contributed by atoms with Crippen molar-refractivity contribution in [3.8, 4) is 0 Å². The van der Waals surface area contributed by atoms with Crippen molar-refractivity contribution in [2.24, 2.45) is 0 Å². The molecular formula is C11H15FN2O2. The van der Waals surface area contributed by atoms with Gasteiger partial charge >= 0.3 is 0 Å². The van der Waals surface area contributed by atoms with E-state index in [0.717, 1.165) is 0 Å². The molecule has 0 aromatic heterocycles. The van der Waals surface area contributed by atoms with Gasteiger partial charge in [-0.3, -0.25) is 9.69 Å². The van der Waals surface area contributed by atoms with Crippen LogP contribution >= 0.6 is 0 Å². The molecule has 1 amide bonds. The van der Waals surface area contributed by atoms with Crippen molar-refractivity contribution in [2.45, 2.75) is 0 Å². The van der Waals surface area contributed by atoms with E-state index in [1.54, 1.807) is 11.9 Å². The summed E-state index contributed by atoms with van der Waals surface area (Å²) in [7, 11) is 1.74. The predicted octanol–water partition coefficient (Wildman–Crippen LogP) is 0.688. The van der Waals surface area contributed by atoms with Crippen molar-refractivity contribution in [3.63, 3.8) is 0 Å². The lowest BCUT2D eigenvalue weighted by Gasteiger charge is -2.14. The van der Waals surface area contributed by atoms with Crippen LogP contribution in [0.1, 0.15) is 0 Å². The average Bonchev–Trinajstić information content (AvgIpc) is 2.21. The fourth-order valence-electron chi connectivity index (χ4n) is 1.23. The van der Waals surface area contributed by atoms with E-state index in [0.29, 0.717) is 12.2 Å². The Morgan fingerprint density at radius 1 is 1.44 bits per heavy atom. The Balaban J connectivity index is 2.42. The molecule has 0 saturated carbocycles. The second kappa shape index (κ2) is 6.19. The largest absolute Gasteiger partial charge is 0.395 e. The monoisotopic (exact) mass is 226 g/mol. The van der Waals surface area contributed by atoms with Crippen LogP contribution in [-0.4, -0.2) is 42.7 Å². The second-order valence-electron chi connectivity index (χ2n) is 3.52. The quantitative estimate of drug-likeness (QED) is 0.776. The topological polar surface area (TPSA) is 52.6 Å². The van der Waals surface area contributed by atoms with Crippen LogP contribution in [0.5, 0.6) is 0 Å². The van der Waals surface area contributed by atoms with Crippen LogP contribution in [0.15, 0.2) is 24.3 Å². The highest BCUT2D eigenvalue weighted by Gasteiger charge is 2.06. The third-order valence-corrected chi connectivity index (χ3v) is 2.02. The van der Waals surface area contributed by atoms with Gasteiger partial charge in [0, 0.05) is 12.2 Å². The number of rotatable bonds is 5. The van der Waals surface area contributed by atoms with E-state index in [-0.39, 0.29) is 24.9 Å². The molecule has 0 aliphatic rings. The lowest BCUT2D eigenvalue weighted by Crippen LogP contribution is -2.32. The molecule has 0 spiro atoms. The first-order valence-corrected chi connectivity index (χ1v) is 4.96. The molecule has 5 heteroatoms. The molecule has 4 nitrogen and oxygen atoms in total. The van der Waals surface area contributed by atoms with Crippen molar-refractivity contribution in [1.82, 2.24) is 4.90 Å². The molecule has 0 radical (unpaired) electrons. The summed E-state index contributed by atoms with van der Waals surface area (Å²) in [6, 6.07) is 5.57. The Bertz CT molecular complexity index is 340. The van der Waals surface area contributed by atoms with Crippen LogP contribution < -0.4 is 5.32 Å². The molecular weight excluding hydrogens is 211 g/mol. The van der Waals surface area contributed by atoms with E-state index >= 15 is 0 Å². The van der Waals surface area contributed by atoms with E-state index in [1.165, 1.54) is 24.3 Å². The lowest BCUT2D eigenvalue weighted by atomic mass is 10.3. The number of nitrogens with zero attached hydrogens (tertiary/aromatic N) is 1. The average molecular weight is 226 g/mol. The molecule has 16 heavy (non-hydrogen) atoms. The number of aliphatic hydroxyl groups excluding tert-OH is 1. The first-order valence-electron chi connectivity index (χ1n) is 4.96. The molecule has 2 N–H and O–H groups in total. The number of nitrogens with one attached hydrogen (secondary N) is 1. The first kappa shape index (κ1) is 12.6. The number of anilines is 1. The summed E-state index contributed by atoms with van der Waals surface area (Å²) >= 11 is 0. The van der Waals surface area contributed by atoms with E-state index in [1.807, 2.05) is 0 Å². The zero-order valence-electron chi connectivity index (χ0n) is 9.11. The van der Waals surface area contributed by atoms with E-state index in [4.69, 9.17) is 5.11 Å². The Kier molecular flexibility index (Phi) is 4.88. The van der Waals surface area contributed by atoms with Gasteiger partial charge in [0.25, 0.3) is 0 Å². The number of hydrogen-bond donors (Lipinski definition) is 2. The molecule has 1 rings (SSSR count). The molecule has 0 unspecified atom stereocenters. The standard InChI is InChI=1S/C11H15FN2O2/c1-14(6-7-15)8-11(16)13-10-4-2-9(12)3-5-10/h2-5,15H,6-8H2,1H3,(H,13,16). The summed E-state index contributed by atoms with van der Waals surface area (Å²) in [6.07, 6.45) is 0. The van der Waals surface area contributed by atoms with Gasteiger partial charge < -0.3 is 10.4 Å². The van der Waals surface area contributed by atoms with Gasteiger partial charge in [-0.1, -0.05) is 0 Å². The Hall–Kier alpha value is -1.46. The Morgan fingerprint density at radius 3 is 2.62 bits per heavy atom. The van der Waals surface area contributed by atoms with Crippen LogP contribution in [0.4, 0.5) is 10.1 Å². The highest BCUT2D eigenvalue weighted by Crippen LogP contribution is 2.07.